The van der Waals surface area contributed by atoms with Crippen molar-refractivity contribution in [1.29, 1.82) is 0 Å². The third kappa shape index (κ3) is 2.65. The van der Waals surface area contributed by atoms with E-state index in [1.165, 1.54) is 19.3 Å². The van der Waals surface area contributed by atoms with Gasteiger partial charge in [0.2, 0.25) is 0 Å². The van der Waals surface area contributed by atoms with Gasteiger partial charge in [0.1, 0.15) is 12.2 Å². The molecule has 0 aromatic carbocycles. The average Bonchev–Trinajstić information content (AvgIpc) is 2.71. The first kappa shape index (κ1) is 12.1. The van der Waals surface area contributed by atoms with E-state index in [1.807, 2.05) is 4.68 Å². The smallest absolute Gasteiger partial charge is 0.138 e. The molecule has 1 saturated carbocycles. The Balaban J connectivity index is 2.02. The zero-order valence-electron chi connectivity index (χ0n) is 10.1. The Bertz CT molecular complexity index is 337. The lowest BCUT2D eigenvalue weighted by Crippen LogP contribution is -2.26. The summed E-state index contributed by atoms with van der Waals surface area (Å²) in [6, 6.07) is 0. The molecule has 1 fully saturated rings. The van der Waals surface area contributed by atoms with Crippen LogP contribution in [0.25, 0.3) is 0 Å². The van der Waals surface area contributed by atoms with Gasteiger partial charge in [0.15, 0.2) is 0 Å². The Labute approximate surface area is 106 Å². The van der Waals surface area contributed by atoms with Crippen molar-refractivity contribution in [2.75, 3.05) is 0 Å². The molecular formula is C12H20BrN3. The van der Waals surface area contributed by atoms with Crippen molar-refractivity contribution in [3.8, 4) is 0 Å². The van der Waals surface area contributed by atoms with Crippen LogP contribution in [0.4, 0.5) is 0 Å². The van der Waals surface area contributed by atoms with Crippen molar-refractivity contribution < 1.29 is 0 Å². The summed E-state index contributed by atoms with van der Waals surface area (Å²) in [5.74, 6) is 2.72. The second-order valence-electron chi connectivity index (χ2n) is 4.89. The molecule has 1 heterocycles. The van der Waals surface area contributed by atoms with Crippen molar-refractivity contribution in [1.82, 2.24) is 14.8 Å². The van der Waals surface area contributed by atoms with Gasteiger partial charge in [0.05, 0.1) is 0 Å². The molecule has 0 spiro atoms. The largest absolute Gasteiger partial charge is 0.250 e. The standard InChI is InChI=1S/C12H20BrN3/c1-3-16-12(14-8-15-16)7-10-6-9(2)4-5-11(10)13/h8-11H,3-7H2,1-2H3. The summed E-state index contributed by atoms with van der Waals surface area (Å²) in [7, 11) is 0. The summed E-state index contributed by atoms with van der Waals surface area (Å²) in [6.45, 7) is 5.40. The zero-order valence-corrected chi connectivity index (χ0v) is 11.7. The molecule has 0 radical (unpaired) electrons. The van der Waals surface area contributed by atoms with Crippen LogP contribution < -0.4 is 0 Å². The Morgan fingerprint density at radius 2 is 2.31 bits per heavy atom. The third-order valence-electron chi connectivity index (χ3n) is 3.59. The van der Waals surface area contributed by atoms with Gasteiger partial charge in [0.25, 0.3) is 0 Å². The van der Waals surface area contributed by atoms with E-state index >= 15 is 0 Å². The van der Waals surface area contributed by atoms with E-state index in [-0.39, 0.29) is 0 Å². The van der Waals surface area contributed by atoms with Crippen LogP contribution in [0.2, 0.25) is 0 Å². The van der Waals surface area contributed by atoms with Crippen LogP contribution in [0.5, 0.6) is 0 Å². The SMILES string of the molecule is CCn1ncnc1CC1CC(C)CCC1Br. The van der Waals surface area contributed by atoms with E-state index in [0.29, 0.717) is 4.83 Å². The molecule has 0 bridgehead atoms. The third-order valence-corrected chi connectivity index (χ3v) is 4.80. The predicted molar refractivity (Wildman–Crippen MR) is 68.6 cm³/mol. The van der Waals surface area contributed by atoms with Crippen molar-refractivity contribution in [3.63, 3.8) is 0 Å². The van der Waals surface area contributed by atoms with E-state index < -0.39 is 0 Å². The summed E-state index contributed by atoms with van der Waals surface area (Å²) >= 11 is 3.82. The first-order valence-corrected chi connectivity index (χ1v) is 7.13. The summed E-state index contributed by atoms with van der Waals surface area (Å²) in [5, 5.41) is 4.23. The molecule has 0 aliphatic heterocycles. The predicted octanol–water partition coefficient (Wildman–Crippen LogP) is 3.04. The van der Waals surface area contributed by atoms with Crippen LogP contribution in [0, 0.1) is 11.8 Å². The molecule has 0 saturated heterocycles. The van der Waals surface area contributed by atoms with Gasteiger partial charge in [-0.1, -0.05) is 22.9 Å². The van der Waals surface area contributed by atoms with E-state index in [0.717, 1.165) is 30.6 Å². The fraction of sp³-hybridized carbons (Fsp3) is 0.833. The summed E-state index contributed by atoms with van der Waals surface area (Å²) in [4.78, 5) is 5.03. The van der Waals surface area contributed by atoms with Gasteiger partial charge in [0, 0.05) is 17.8 Å². The van der Waals surface area contributed by atoms with Crippen LogP contribution in [0.3, 0.4) is 0 Å². The molecule has 3 atom stereocenters. The summed E-state index contributed by atoms with van der Waals surface area (Å²) < 4.78 is 2.01. The number of aromatic nitrogens is 3. The number of halogens is 1. The Hall–Kier alpha value is -0.380. The van der Waals surface area contributed by atoms with Crippen molar-refractivity contribution in [3.05, 3.63) is 12.2 Å². The molecule has 3 unspecified atom stereocenters. The molecule has 1 aliphatic carbocycles. The lowest BCUT2D eigenvalue weighted by molar-refractivity contribution is 0.288. The van der Waals surface area contributed by atoms with Crippen molar-refractivity contribution in [2.45, 2.75) is 50.9 Å². The Kier molecular flexibility index (Phi) is 4.00. The molecule has 2 rings (SSSR count). The topological polar surface area (TPSA) is 30.7 Å². The maximum Gasteiger partial charge on any atom is 0.138 e. The highest BCUT2D eigenvalue weighted by molar-refractivity contribution is 9.09. The van der Waals surface area contributed by atoms with Gasteiger partial charge >= 0.3 is 0 Å². The summed E-state index contributed by atoms with van der Waals surface area (Å²) in [5.41, 5.74) is 0. The minimum atomic E-state index is 0.658. The molecule has 1 aromatic rings. The molecule has 0 N–H and O–H groups in total. The number of alkyl halides is 1. The molecule has 4 heteroatoms. The fourth-order valence-corrected chi connectivity index (χ4v) is 3.28. The lowest BCUT2D eigenvalue weighted by Gasteiger charge is -2.31. The van der Waals surface area contributed by atoms with E-state index in [9.17, 15) is 0 Å². The maximum atomic E-state index is 4.37. The van der Waals surface area contributed by atoms with Crippen molar-refractivity contribution in [2.24, 2.45) is 11.8 Å². The molecular weight excluding hydrogens is 266 g/mol. The number of nitrogens with zero attached hydrogens (tertiary/aromatic N) is 3. The number of hydrogen-bond acceptors (Lipinski definition) is 2. The van der Waals surface area contributed by atoms with Crippen LogP contribution in [0.15, 0.2) is 6.33 Å². The summed E-state index contributed by atoms with van der Waals surface area (Å²) in [6.07, 6.45) is 6.70. The van der Waals surface area contributed by atoms with Crippen molar-refractivity contribution >= 4 is 15.9 Å². The Morgan fingerprint density at radius 1 is 1.50 bits per heavy atom. The quantitative estimate of drug-likeness (QED) is 0.800. The Morgan fingerprint density at radius 3 is 3.06 bits per heavy atom. The molecule has 90 valence electrons. The maximum absolute atomic E-state index is 4.37. The minimum Gasteiger partial charge on any atom is -0.250 e. The number of aryl methyl sites for hydroxylation is 1. The van der Waals surface area contributed by atoms with Gasteiger partial charge < -0.3 is 0 Å². The monoisotopic (exact) mass is 285 g/mol. The van der Waals surface area contributed by atoms with Crippen LogP contribution >= 0.6 is 15.9 Å². The molecule has 16 heavy (non-hydrogen) atoms. The molecule has 1 aromatic heterocycles. The highest BCUT2D eigenvalue weighted by Crippen LogP contribution is 2.35. The van der Waals surface area contributed by atoms with Gasteiger partial charge in [-0.05, 0) is 38.0 Å². The molecule has 1 aliphatic rings. The van der Waals surface area contributed by atoms with Gasteiger partial charge in [-0.3, -0.25) is 4.68 Å². The first-order valence-electron chi connectivity index (χ1n) is 6.21. The highest BCUT2D eigenvalue weighted by atomic mass is 79.9. The van der Waals surface area contributed by atoms with Crippen LogP contribution in [-0.2, 0) is 13.0 Å². The molecule has 0 amide bonds. The van der Waals surface area contributed by atoms with Gasteiger partial charge in [-0.15, -0.1) is 0 Å². The van der Waals surface area contributed by atoms with E-state index in [2.05, 4.69) is 39.9 Å². The second-order valence-corrected chi connectivity index (χ2v) is 6.07. The first-order chi connectivity index (χ1) is 7.70. The second kappa shape index (κ2) is 5.30. The molecule has 3 nitrogen and oxygen atoms in total. The van der Waals surface area contributed by atoms with Crippen LogP contribution in [-0.4, -0.2) is 19.6 Å². The zero-order chi connectivity index (χ0) is 11.5. The number of rotatable bonds is 3. The average molecular weight is 286 g/mol. The highest BCUT2D eigenvalue weighted by Gasteiger charge is 2.27. The minimum absolute atomic E-state index is 0.658. The van der Waals surface area contributed by atoms with Gasteiger partial charge in [-0.2, -0.15) is 5.10 Å². The van der Waals surface area contributed by atoms with Gasteiger partial charge in [-0.25, -0.2) is 4.98 Å². The van der Waals surface area contributed by atoms with Crippen LogP contribution in [0.1, 0.15) is 38.9 Å². The normalized spacial score (nSPS) is 30.6. The van der Waals surface area contributed by atoms with E-state index in [1.54, 1.807) is 6.33 Å². The lowest BCUT2D eigenvalue weighted by atomic mass is 9.80. The number of hydrogen-bond donors (Lipinski definition) is 0. The fourth-order valence-electron chi connectivity index (χ4n) is 2.62. The van der Waals surface area contributed by atoms with E-state index in [4.69, 9.17) is 0 Å².